The molecule has 0 N–H and O–H groups in total. The predicted octanol–water partition coefficient (Wildman–Crippen LogP) is 2.82. The van der Waals surface area contributed by atoms with E-state index >= 15 is 0 Å². The Morgan fingerprint density at radius 3 is 2.88 bits per heavy atom. The molecule has 0 radical (unpaired) electrons. The number of halogens is 1. The fourth-order valence-electron chi connectivity index (χ4n) is 2.19. The first-order chi connectivity index (χ1) is 7.53. The Bertz CT molecular complexity index is 518. The maximum absolute atomic E-state index is 8.91. The van der Waals surface area contributed by atoms with Gasteiger partial charge in [0.25, 0.3) is 0 Å². The quantitative estimate of drug-likeness (QED) is 0.650. The number of hydrogen-bond acceptors (Lipinski definition) is 3. The lowest BCUT2D eigenvalue weighted by atomic mass is 9.93. The number of ether oxygens (including phenoxy) is 2. The van der Waals surface area contributed by atoms with Gasteiger partial charge >= 0.3 is 0 Å². The lowest BCUT2D eigenvalue weighted by Gasteiger charge is -2.29. The molecule has 0 saturated carbocycles. The highest BCUT2D eigenvalue weighted by Gasteiger charge is 2.56. The minimum atomic E-state index is -0.324. The average Bonchev–Trinajstić information content (AvgIpc) is 2.97. The summed E-state index contributed by atoms with van der Waals surface area (Å²) < 4.78 is 11.4. The molecule has 4 heteroatoms. The fraction of sp³-hybridized carbons (Fsp3) is 0.417. The zero-order valence-electron chi connectivity index (χ0n) is 8.95. The van der Waals surface area contributed by atoms with Crippen molar-refractivity contribution < 1.29 is 9.47 Å². The molecule has 0 aliphatic carbocycles. The summed E-state index contributed by atoms with van der Waals surface area (Å²) in [6.45, 7) is 3.99. The van der Waals surface area contributed by atoms with Crippen LogP contribution in [0.25, 0.3) is 0 Å². The third-order valence-corrected chi connectivity index (χ3v) is 3.39. The van der Waals surface area contributed by atoms with Crippen molar-refractivity contribution in [3.8, 4) is 11.8 Å². The molecule has 2 unspecified atom stereocenters. The first kappa shape index (κ1) is 9.95. The molecule has 3 nitrogen and oxygen atoms in total. The van der Waals surface area contributed by atoms with Crippen LogP contribution in [0.3, 0.4) is 0 Å². The highest BCUT2D eigenvalue weighted by molar-refractivity contribution is 6.31. The maximum atomic E-state index is 8.91. The van der Waals surface area contributed by atoms with Crippen molar-refractivity contribution in [2.24, 2.45) is 0 Å². The molecular weight excluding hydrogens is 226 g/mol. The molecule has 0 bridgehead atoms. The first-order valence-corrected chi connectivity index (χ1v) is 5.49. The van der Waals surface area contributed by atoms with Crippen molar-refractivity contribution in [2.75, 3.05) is 0 Å². The normalized spacial score (nSPS) is 28.4. The van der Waals surface area contributed by atoms with Crippen molar-refractivity contribution in [1.29, 1.82) is 5.26 Å². The van der Waals surface area contributed by atoms with Gasteiger partial charge in [-0.05, 0) is 19.9 Å². The Labute approximate surface area is 98.5 Å². The smallest absolute Gasteiger partial charge is 0.132 e. The van der Waals surface area contributed by atoms with Crippen LogP contribution in [0.4, 0.5) is 0 Å². The summed E-state index contributed by atoms with van der Waals surface area (Å²) in [7, 11) is 0. The van der Waals surface area contributed by atoms with E-state index in [9.17, 15) is 0 Å². The van der Waals surface area contributed by atoms with E-state index in [1.807, 2.05) is 13.8 Å². The number of nitrogens with zero attached hydrogens (tertiary/aromatic N) is 1. The maximum Gasteiger partial charge on any atom is 0.132 e. The molecule has 1 saturated heterocycles. The van der Waals surface area contributed by atoms with Crippen LogP contribution in [-0.2, 0) is 4.74 Å². The predicted molar refractivity (Wildman–Crippen MR) is 58.5 cm³/mol. The van der Waals surface area contributed by atoms with Crippen molar-refractivity contribution in [3.63, 3.8) is 0 Å². The molecule has 0 aromatic heterocycles. The molecule has 0 spiro atoms. The van der Waals surface area contributed by atoms with Gasteiger partial charge in [0.15, 0.2) is 0 Å². The third-order valence-electron chi connectivity index (χ3n) is 3.08. The van der Waals surface area contributed by atoms with E-state index in [4.69, 9.17) is 26.3 Å². The Morgan fingerprint density at radius 2 is 2.19 bits per heavy atom. The molecule has 82 valence electrons. The lowest BCUT2D eigenvalue weighted by molar-refractivity contribution is 0.0725. The van der Waals surface area contributed by atoms with E-state index in [2.05, 4.69) is 6.07 Å². The number of benzene rings is 1. The standard InChI is InChI=1S/C12H10ClNO2/c1-12(2)11-10(15-11)7-3-6(5-14)8(13)4-9(7)16-12/h3-4,10-11H,1-2H3. The molecule has 1 fully saturated rings. The third kappa shape index (κ3) is 1.24. The van der Waals surface area contributed by atoms with Gasteiger partial charge in [0, 0.05) is 11.6 Å². The molecule has 2 aliphatic rings. The number of epoxide rings is 1. The second-order valence-electron chi connectivity index (χ2n) is 4.66. The highest BCUT2D eigenvalue weighted by Crippen LogP contribution is 2.54. The summed E-state index contributed by atoms with van der Waals surface area (Å²) >= 11 is 5.97. The molecule has 2 atom stereocenters. The van der Waals surface area contributed by atoms with Crippen LogP contribution in [0.2, 0.25) is 5.02 Å². The number of fused-ring (bicyclic) bond motifs is 3. The minimum Gasteiger partial charge on any atom is -0.485 e. The van der Waals surface area contributed by atoms with E-state index in [-0.39, 0.29) is 17.8 Å². The van der Waals surface area contributed by atoms with Crippen molar-refractivity contribution in [2.45, 2.75) is 31.7 Å². The topological polar surface area (TPSA) is 45.5 Å². The zero-order valence-corrected chi connectivity index (χ0v) is 9.71. The van der Waals surface area contributed by atoms with Crippen molar-refractivity contribution in [1.82, 2.24) is 0 Å². The molecule has 0 amide bonds. The van der Waals surface area contributed by atoms with Crippen LogP contribution >= 0.6 is 11.6 Å². The van der Waals surface area contributed by atoms with Crippen LogP contribution in [-0.4, -0.2) is 11.7 Å². The van der Waals surface area contributed by atoms with E-state index in [1.54, 1.807) is 12.1 Å². The Balaban J connectivity index is 2.14. The lowest BCUT2D eigenvalue weighted by Crippen LogP contribution is -2.37. The number of hydrogen-bond donors (Lipinski definition) is 0. The fourth-order valence-corrected chi connectivity index (χ4v) is 2.38. The van der Waals surface area contributed by atoms with E-state index in [0.717, 1.165) is 11.3 Å². The summed E-state index contributed by atoms with van der Waals surface area (Å²) in [4.78, 5) is 0. The van der Waals surface area contributed by atoms with Crippen LogP contribution in [0, 0.1) is 11.3 Å². The Morgan fingerprint density at radius 1 is 1.44 bits per heavy atom. The van der Waals surface area contributed by atoms with Crippen LogP contribution in [0.1, 0.15) is 31.1 Å². The Hall–Kier alpha value is -1.24. The second-order valence-corrected chi connectivity index (χ2v) is 5.07. The van der Waals surface area contributed by atoms with Crippen LogP contribution in [0.15, 0.2) is 12.1 Å². The van der Waals surface area contributed by atoms with E-state index in [0.29, 0.717) is 10.6 Å². The van der Waals surface area contributed by atoms with Crippen molar-refractivity contribution in [3.05, 3.63) is 28.3 Å². The summed E-state index contributed by atoms with van der Waals surface area (Å²) in [6, 6.07) is 5.53. The molecule has 1 aromatic rings. The highest BCUT2D eigenvalue weighted by atomic mass is 35.5. The van der Waals surface area contributed by atoms with Gasteiger partial charge in [-0.25, -0.2) is 0 Å². The summed E-state index contributed by atoms with van der Waals surface area (Å²) in [6.07, 6.45) is 0.149. The molecule has 16 heavy (non-hydrogen) atoms. The molecule has 3 rings (SSSR count). The summed E-state index contributed by atoms with van der Waals surface area (Å²) in [5, 5.41) is 9.33. The van der Waals surface area contributed by atoms with Gasteiger partial charge in [-0.1, -0.05) is 11.6 Å². The van der Waals surface area contributed by atoms with Gasteiger partial charge in [-0.2, -0.15) is 5.26 Å². The van der Waals surface area contributed by atoms with Gasteiger partial charge in [-0.3, -0.25) is 0 Å². The zero-order chi connectivity index (χ0) is 11.5. The van der Waals surface area contributed by atoms with E-state index < -0.39 is 0 Å². The second kappa shape index (κ2) is 2.91. The summed E-state index contributed by atoms with van der Waals surface area (Å²) in [5.41, 5.74) is 1.08. The van der Waals surface area contributed by atoms with Crippen LogP contribution < -0.4 is 4.74 Å². The molecule has 2 heterocycles. The summed E-state index contributed by atoms with van der Waals surface area (Å²) in [5.74, 6) is 0.729. The van der Waals surface area contributed by atoms with Gasteiger partial charge in [0.05, 0.1) is 10.6 Å². The van der Waals surface area contributed by atoms with Gasteiger partial charge < -0.3 is 9.47 Å². The largest absolute Gasteiger partial charge is 0.485 e. The minimum absolute atomic E-state index is 0.0584. The monoisotopic (exact) mass is 235 g/mol. The SMILES string of the molecule is CC1(C)Oc2cc(Cl)c(C#N)cc2C2OC21. The average molecular weight is 236 g/mol. The van der Waals surface area contributed by atoms with Gasteiger partial charge in [0.2, 0.25) is 0 Å². The number of rotatable bonds is 0. The molecule has 1 aromatic carbocycles. The molecular formula is C12H10ClNO2. The van der Waals surface area contributed by atoms with Gasteiger partial charge in [0.1, 0.15) is 29.6 Å². The first-order valence-electron chi connectivity index (χ1n) is 5.11. The van der Waals surface area contributed by atoms with E-state index in [1.165, 1.54) is 0 Å². The number of nitriles is 1. The molecule has 2 aliphatic heterocycles. The van der Waals surface area contributed by atoms with Crippen LogP contribution in [0.5, 0.6) is 5.75 Å². The Kier molecular flexibility index (Phi) is 1.81. The van der Waals surface area contributed by atoms with Gasteiger partial charge in [-0.15, -0.1) is 0 Å². The van der Waals surface area contributed by atoms with Crippen molar-refractivity contribution >= 4 is 11.6 Å².